The van der Waals surface area contributed by atoms with E-state index >= 15 is 0 Å². The average molecular weight is 212 g/mol. The van der Waals surface area contributed by atoms with Crippen molar-refractivity contribution in [3.8, 4) is 0 Å². The molecule has 1 atom stereocenters. The van der Waals surface area contributed by atoms with E-state index in [2.05, 4.69) is 12.2 Å². The molecule has 0 aromatic heterocycles. The molecule has 4 nitrogen and oxygen atoms in total. The first-order valence-electron chi connectivity index (χ1n) is 3.69. The molecule has 0 aliphatic rings. The van der Waals surface area contributed by atoms with Gasteiger partial charge < -0.3 is 5.32 Å². The molecule has 0 fully saturated rings. The first-order valence-corrected chi connectivity index (χ1v) is 6.70. The second-order valence-electron chi connectivity index (χ2n) is 2.62. The van der Waals surface area contributed by atoms with E-state index < -0.39 is 10.0 Å². The number of thioether (sulfide) groups is 1. The summed E-state index contributed by atoms with van der Waals surface area (Å²) in [6.07, 6.45) is 2.02. The Morgan fingerprint density at radius 2 is 2.17 bits per heavy atom. The molecule has 74 valence electrons. The van der Waals surface area contributed by atoms with Crippen LogP contribution in [0.2, 0.25) is 0 Å². The molecule has 0 saturated carbocycles. The number of nitrogens with one attached hydrogen (secondary N) is 1. The summed E-state index contributed by atoms with van der Waals surface area (Å²) in [6, 6.07) is 0. The van der Waals surface area contributed by atoms with Crippen LogP contribution in [0, 0.1) is 0 Å². The Bertz CT molecular complexity index is 204. The summed E-state index contributed by atoms with van der Waals surface area (Å²) < 4.78 is 21.0. The molecule has 1 unspecified atom stereocenters. The van der Waals surface area contributed by atoms with Crippen LogP contribution in [0.4, 0.5) is 0 Å². The van der Waals surface area contributed by atoms with Crippen LogP contribution >= 0.6 is 11.8 Å². The van der Waals surface area contributed by atoms with Gasteiger partial charge in [-0.2, -0.15) is 11.8 Å². The van der Waals surface area contributed by atoms with Gasteiger partial charge in [0.2, 0.25) is 10.0 Å². The van der Waals surface area contributed by atoms with Crippen molar-refractivity contribution in [2.24, 2.45) is 5.14 Å². The highest BCUT2D eigenvalue weighted by Crippen LogP contribution is 2.01. The topological polar surface area (TPSA) is 72.2 Å². The highest BCUT2D eigenvalue weighted by atomic mass is 32.2. The summed E-state index contributed by atoms with van der Waals surface area (Å²) in [6.45, 7) is 3.33. The lowest BCUT2D eigenvalue weighted by Crippen LogP contribution is -2.30. The zero-order valence-corrected chi connectivity index (χ0v) is 9.04. The molecule has 0 aromatic rings. The SMILES string of the molecule is CSC(C)CNCCS(N)(=O)=O. The number of hydrogen-bond acceptors (Lipinski definition) is 4. The lowest BCUT2D eigenvalue weighted by atomic mass is 10.5. The Morgan fingerprint density at radius 3 is 2.58 bits per heavy atom. The van der Waals surface area contributed by atoms with Gasteiger partial charge in [-0.25, -0.2) is 13.6 Å². The highest BCUT2D eigenvalue weighted by molar-refractivity contribution is 7.99. The maximum absolute atomic E-state index is 10.5. The summed E-state index contributed by atoms with van der Waals surface area (Å²) >= 11 is 1.74. The zero-order chi connectivity index (χ0) is 9.61. The van der Waals surface area contributed by atoms with Crippen molar-refractivity contribution < 1.29 is 8.42 Å². The smallest absolute Gasteiger partial charge is 0.210 e. The number of primary sulfonamides is 1. The van der Waals surface area contributed by atoms with E-state index in [0.717, 1.165) is 6.54 Å². The van der Waals surface area contributed by atoms with Crippen LogP contribution in [-0.4, -0.2) is 38.8 Å². The summed E-state index contributed by atoms with van der Waals surface area (Å²) in [5, 5.41) is 8.33. The first kappa shape index (κ1) is 12.2. The first-order chi connectivity index (χ1) is 5.45. The van der Waals surface area contributed by atoms with Gasteiger partial charge in [-0.3, -0.25) is 0 Å². The lowest BCUT2D eigenvalue weighted by Gasteiger charge is -2.08. The molecule has 0 amide bonds. The third-order valence-electron chi connectivity index (χ3n) is 1.40. The van der Waals surface area contributed by atoms with E-state index in [0.29, 0.717) is 11.8 Å². The predicted molar refractivity (Wildman–Crippen MR) is 53.8 cm³/mol. The molecule has 0 bridgehead atoms. The molecule has 0 spiro atoms. The Hall–Kier alpha value is 0.220. The minimum Gasteiger partial charge on any atom is -0.315 e. The van der Waals surface area contributed by atoms with Crippen LogP contribution in [0.5, 0.6) is 0 Å². The van der Waals surface area contributed by atoms with Gasteiger partial charge in [0, 0.05) is 18.3 Å². The molecule has 12 heavy (non-hydrogen) atoms. The number of rotatable bonds is 6. The van der Waals surface area contributed by atoms with Gasteiger partial charge in [0.25, 0.3) is 0 Å². The van der Waals surface area contributed by atoms with Crippen LogP contribution in [0.3, 0.4) is 0 Å². The second kappa shape index (κ2) is 5.80. The molecular weight excluding hydrogens is 196 g/mol. The Labute approximate surface area is 78.3 Å². The lowest BCUT2D eigenvalue weighted by molar-refractivity contribution is 0.592. The van der Waals surface area contributed by atoms with Crippen LogP contribution in [0.1, 0.15) is 6.92 Å². The third kappa shape index (κ3) is 8.32. The van der Waals surface area contributed by atoms with E-state index in [9.17, 15) is 8.42 Å². The Kier molecular flexibility index (Phi) is 5.90. The van der Waals surface area contributed by atoms with Crippen LogP contribution < -0.4 is 10.5 Å². The predicted octanol–water partition coefficient (Wildman–Crippen LogP) is -0.384. The minimum atomic E-state index is -3.30. The van der Waals surface area contributed by atoms with E-state index in [-0.39, 0.29) is 5.75 Å². The maximum Gasteiger partial charge on any atom is 0.210 e. The normalized spacial score (nSPS) is 14.6. The van der Waals surface area contributed by atoms with Crippen molar-refractivity contribution in [2.45, 2.75) is 12.2 Å². The quantitative estimate of drug-likeness (QED) is 0.589. The Balaban J connectivity index is 3.34. The van der Waals surface area contributed by atoms with Crippen molar-refractivity contribution >= 4 is 21.8 Å². The van der Waals surface area contributed by atoms with Crippen molar-refractivity contribution in [1.29, 1.82) is 0 Å². The monoisotopic (exact) mass is 212 g/mol. The van der Waals surface area contributed by atoms with Gasteiger partial charge >= 0.3 is 0 Å². The average Bonchev–Trinajstić information content (AvgIpc) is 1.96. The highest BCUT2D eigenvalue weighted by Gasteiger charge is 2.02. The molecule has 0 saturated heterocycles. The standard InChI is InChI=1S/C6H16N2O2S2/c1-6(11-2)5-8-3-4-12(7,9)10/h6,8H,3-5H2,1-2H3,(H2,7,9,10). The fraction of sp³-hybridized carbons (Fsp3) is 1.00. The van der Waals surface area contributed by atoms with Gasteiger partial charge in [0.15, 0.2) is 0 Å². The van der Waals surface area contributed by atoms with Crippen molar-refractivity contribution in [3.63, 3.8) is 0 Å². The van der Waals surface area contributed by atoms with E-state index in [1.54, 1.807) is 11.8 Å². The molecule has 0 rings (SSSR count). The van der Waals surface area contributed by atoms with Crippen LogP contribution in [-0.2, 0) is 10.0 Å². The molecule has 0 aliphatic heterocycles. The molecule has 0 aromatic carbocycles. The molecule has 0 aliphatic carbocycles. The van der Waals surface area contributed by atoms with Crippen LogP contribution in [0.25, 0.3) is 0 Å². The largest absolute Gasteiger partial charge is 0.315 e. The summed E-state index contributed by atoms with van der Waals surface area (Å²) in [5.41, 5.74) is 0. The van der Waals surface area contributed by atoms with Gasteiger partial charge in [0.05, 0.1) is 5.75 Å². The van der Waals surface area contributed by atoms with Crippen molar-refractivity contribution in [1.82, 2.24) is 5.32 Å². The molecule has 6 heteroatoms. The Morgan fingerprint density at radius 1 is 1.58 bits per heavy atom. The summed E-state index contributed by atoms with van der Waals surface area (Å²) in [5.74, 6) is 0.00804. The van der Waals surface area contributed by atoms with Gasteiger partial charge in [-0.15, -0.1) is 0 Å². The number of sulfonamides is 1. The minimum absolute atomic E-state index is 0.00804. The maximum atomic E-state index is 10.5. The number of nitrogens with two attached hydrogens (primary N) is 1. The third-order valence-corrected chi connectivity index (χ3v) is 3.14. The van der Waals surface area contributed by atoms with Crippen molar-refractivity contribution in [2.75, 3.05) is 25.1 Å². The molecular formula is C6H16N2O2S2. The summed E-state index contributed by atoms with van der Waals surface area (Å²) in [7, 11) is -3.30. The van der Waals surface area contributed by atoms with Gasteiger partial charge in [-0.1, -0.05) is 6.92 Å². The second-order valence-corrected chi connectivity index (χ2v) is 5.63. The van der Waals surface area contributed by atoms with Gasteiger partial charge in [-0.05, 0) is 6.26 Å². The molecule has 0 heterocycles. The fourth-order valence-electron chi connectivity index (χ4n) is 0.603. The fourth-order valence-corrected chi connectivity index (χ4v) is 1.32. The molecule has 3 N–H and O–H groups in total. The van der Waals surface area contributed by atoms with Crippen molar-refractivity contribution in [3.05, 3.63) is 0 Å². The molecule has 0 radical (unpaired) electrons. The summed E-state index contributed by atoms with van der Waals surface area (Å²) in [4.78, 5) is 0. The van der Waals surface area contributed by atoms with E-state index in [4.69, 9.17) is 5.14 Å². The number of hydrogen-bond donors (Lipinski definition) is 2. The van der Waals surface area contributed by atoms with E-state index in [1.807, 2.05) is 6.26 Å². The zero-order valence-electron chi connectivity index (χ0n) is 7.41. The van der Waals surface area contributed by atoms with E-state index in [1.165, 1.54) is 0 Å². The van der Waals surface area contributed by atoms with Crippen LogP contribution in [0.15, 0.2) is 0 Å². The van der Waals surface area contributed by atoms with Gasteiger partial charge in [0.1, 0.15) is 0 Å².